The van der Waals surface area contributed by atoms with Crippen LogP contribution in [0.2, 0.25) is 0 Å². The largest absolute Gasteiger partial charge is 0.497 e. The van der Waals surface area contributed by atoms with Crippen molar-refractivity contribution in [3.63, 3.8) is 0 Å². The molecule has 0 amide bonds. The molecule has 1 unspecified atom stereocenters. The van der Waals surface area contributed by atoms with Gasteiger partial charge < -0.3 is 14.6 Å². The van der Waals surface area contributed by atoms with Gasteiger partial charge in [-0.05, 0) is 37.0 Å². The van der Waals surface area contributed by atoms with E-state index < -0.39 is 23.3 Å². The molecule has 0 aliphatic carbocycles. The second-order valence-corrected chi connectivity index (χ2v) is 5.18. The molecule has 0 saturated carbocycles. The second kappa shape index (κ2) is 7.11. The number of carbonyl (C=O) groups is 2. The molecule has 5 heteroatoms. The molecule has 1 aromatic carbocycles. The van der Waals surface area contributed by atoms with E-state index in [4.69, 9.17) is 9.47 Å². The molecule has 0 bridgehead atoms. The first kappa shape index (κ1) is 17.0. The van der Waals surface area contributed by atoms with Crippen LogP contribution in [-0.2, 0) is 20.7 Å². The van der Waals surface area contributed by atoms with Gasteiger partial charge in [-0.25, -0.2) is 0 Å². The van der Waals surface area contributed by atoms with Crippen molar-refractivity contribution >= 4 is 11.9 Å². The van der Waals surface area contributed by atoms with Crippen molar-refractivity contribution in [2.24, 2.45) is 11.3 Å². The number of carboxylic acids is 1. The Balaban J connectivity index is 3.16. The molecule has 1 rings (SSSR count). The molecule has 0 aliphatic heterocycles. The average Bonchev–Trinajstić information content (AvgIpc) is 2.44. The third kappa shape index (κ3) is 3.54. The summed E-state index contributed by atoms with van der Waals surface area (Å²) >= 11 is 0. The molecule has 116 valence electrons. The lowest BCUT2D eigenvalue weighted by Gasteiger charge is -2.31. The molecule has 0 aromatic heterocycles. The van der Waals surface area contributed by atoms with E-state index in [9.17, 15) is 14.7 Å². The number of aliphatic carboxylic acids is 1. The first-order valence-electron chi connectivity index (χ1n) is 6.92. The number of hydrogen-bond donors (Lipinski definition) is 1. The minimum absolute atomic E-state index is 0.0861. The van der Waals surface area contributed by atoms with Gasteiger partial charge in [0.05, 0.1) is 13.7 Å². The summed E-state index contributed by atoms with van der Waals surface area (Å²) in [6.45, 7) is 5.25. The zero-order valence-electron chi connectivity index (χ0n) is 12.9. The molecule has 0 aliphatic rings. The highest BCUT2D eigenvalue weighted by atomic mass is 16.5. The highest BCUT2D eigenvalue weighted by Crippen LogP contribution is 2.34. The Labute approximate surface area is 124 Å². The number of hydrogen-bond acceptors (Lipinski definition) is 4. The average molecular weight is 294 g/mol. The zero-order valence-corrected chi connectivity index (χ0v) is 12.9. The predicted octanol–water partition coefficient (Wildman–Crippen LogP) is 2.53. The molecule has 0 fully saturated rings. The summed E-state index contributed by atoms with van der Waals surface area (Å²) in [6.07, 6.45) is 0.0861. The Morgan fingerprint density at radius 2 is 1.81 bits per heavy atom. The molecular formula is C16H22O5. The Bertz CT molecular complexity index is 492. The van der Waals surface area contributed by atoms with Crippen molar-refractivity contribution in [1.82, 2.24) is 0 Å². The molecule has 1 atom stereocenters. The Morgan fingerprint density at radius 1 is 1.24 bits per heavy atom. The number of benzene rings is 1. The lowest BCUT2D eigenvalue weighted by Crippen LogP contribution is -2.46. The van der Waals surface area contributed by atoms with E-state index in [0.717, 1.165) is 5.56 Å². The molecule has 21 heavy (non-hydrogen) atoms. The van der Waals surface area contributed by atoms with Crippen LogP contribution in [0.5, 0.6) is 5.75 Å². The van der Waals surface area contributed by atoms with Crippen molar-refractivity contribution in [3.05, 3.63) is 29.8 Å². The quantitative estimate of drug-likeness (QED) is 0.618. The molecule has 0 spiro atoms. The molecule has 1 aromatic rings. The summed E-state index contributed by atoms with van der Waals surface area (Å²) in [5.74, 6) is -1.56. The van der Waals surface area contributed by atoms with Gasteiger partial charge in [0.25, 0.3) is 0 Å². The maximum atomic E-state index is 12.2. The normalized spacial score (nSPS) is 13.6. The maximum Gasteiger partial charge on any atom is 0.324 e. The topological polar surface area (TPSA) is 72.8 Å². The van der Waals surface area contributed by atoms with Crippen LogP contribution in [0.15, 0.2) is 24.3 Å². The third-order valence-electron chi connectivity index (χ3n) is 3.65. The van der Waals surface area contributed by atoms with Gasteiger partial charge >= 0.3 is 11.9 Å². The van der Waals surface area contributed by atoms with Crippen molar-refractivity contribution in [1.29, 1.82) is 0 Å². The van der Waals surface area contributed by atoms with Gasteiger partial charge in [0.2, 0.25) is 0 Å². The van der Waals surface area contributed by atoms with Crippen LogP contribution < -0.4 is 4.74 Å². The smallest absolute Gasteiger partial charge is 0.324 e. The summed E-state index contributed by atoms with van der Waals surface area (Å²) in [5.41, 5.74) is -0.829. The van der Waals surface area contributed by atoms with Crippen LogP contribution in [-0.4, -0.2) is 30.8 Å². The van der Waals surface area contributed by atoms with Crippen LogP contribution in [0.1, 0.15) is 26.3 Å². The first-order valence-corrected chi connectivity index (χ1v) is 6.92. The minimum Gasteiger partial charge on any atom is -0.497 e. The zero-order chi connectivity index (χ0) is 16.0. The van der Waals surface area contributed by atoms with Gasteiger partial charge in [0.15, 0.2) is 5.41 Å². The van der Waals surface area contributed by atoms with Crippen molar-refractivity contribution in [3.8, 4) is 5.75 Å². The lowest BCUT2D eigenvalue weighted by atomic mass is 9.72. The van der Waals surface area contributed by atoms with E-state index in [1.165, 1.54) is 0 Å². The number of esters is 1. The predicted molar refractivity (Wildman–Crippen MR) is 78.2 cm³/mol. The van der Waals surface area contributed by atoms with Crippen LogP contribution in [0.3, 0.4) is 0 Å². The number of carbonyl (C=O) groups excluding carboxylic acids is 1. The third-order valence-corrected chi connectivity index (χ3v) is 3.65. The van der Waals surface area contributed by atoms with Crippen molar-refractivity contribution in [2.45, 2.75) is 27.2 Å². The minimum atomic E-state index is -1.58. The van der Waals surface area contributed by atoms with Crippen LogP contribution in [0.25, 0.3) is 0 Å². The maximum absolute atomic E-state index is 12.2. The molecular weight excluding hydrogens is 272 g/mol. The fourth-order valence-corrected chi connectivity index (χ4v) is 2.25. The first-order chi connectivity index (χ1) is 9.88. The SMILES string of the molecule is CCOC(=O)C(Cc1ccc(OC)cc1)(C(=O)O)C(C)C. The Morgan fingerprint density at radius 3 is 2.19 bits per heavy atom. The van der Waals surface area contributed by atoms with Gasteiger partial charge in [0.1, 0.15) is 5.75 Å². The van der Waals surface area contributed by atoms with Crippen LogP contribution >= 0.6 is 0 Å². The fourth-order valence-electron chi connectivity index (χ4n) is 2.25. The molecule has 0 radical (unpaired) electrons. The van der Waals surface area contributed by atoms with Gasteiger partial charge in [-0.3, -0.25) is 9.59 Å². The molecule has 0 heterocycles. The monoisotopic (exact) mass is 294 g/mol. The van der Waals surface area contributed by atoms with Gasteiger partial charge in [-0.2, -0.15) is 0 Å². The second-order valence-electron chi connectivity index (χ2n) is 5.18. The van der Waals surface area contributed by atoms with E-state index >= 15 is 0 Å². The number of carboxylic acid groups (broad SMARTS) is 1. The summed E-state index contributed by atoms with van der Waals surface area (Å²) in [5, 5.41) is 9.63. The van der Waals surface area contributed by atoms with Crippen LogP contribution in [0.4, 0.5) is 0 Å². The van der Waals surface area contributed by atoms with E-state index in [-0.39, 0.29) is 13.0 Å². The molecule has 0 saturated heterocycles. The Hall–Kier alpha value is -2.04. The van der Waals surface area contributed by atoms with Crippen molar-refractivity contribution in [2.75, 3.05) is 13.7 Å². The summed E-state index contributed by atoms with van der Waals surface area (Å²) in [7, 11) is 1.56. The lowest BCUT2D eigenvalue weighted by molar-refractivity contribution is -0.172. The van der Waals surface area contributed by atoms with Crippen LogP contribution in [0, 0.1) is 11.3 Å². The highest BCUT2D eigenvalue weighted by Gasteiger charge is 2.50. The molecule has 5 nitrogen and oxygen atoms in total. The van der Waals surface area contributed by atoms with Crippen molar-refractivity contribution < 1.29 is 24.2 Å². The number of ether oxygens (including phenoxy) is 2. The summed E-state index contributed by atoms with van der Waals surface area (Å²) < 4.78 is 10.1. The van der Waals surface area contributed by atoms with E-state index in [0.29, 0.717) is 5.75 Å². The highest BCUT2D eigenvalue weighted by molar-refractivity contribution is 5.99. The van der Waals surface area contributed by atoms with E-state index in [1.54, 1.807) is 52.1 Å². The van der Waals surface area contributed by atoms with E-state index in [2.05, 4.69) is 0 Å². The van der Waals surface area contributed by atoms with Gasteiger partial charge in [-0.1, -0.05) is 26.0 Å². The van der Waals surface area contributed by atoms with Gasteiger partial charge in [-0.15, -0.1) is 0 Å². The number of rotatable bonds is 7. The summed E-state index contributed by atoms with van der Waals surface area (Å²) in [4.78, 5) is 24.0. The van der Waals surface area contributed by atoms with E-state index in [1.807, 2.05) is 0 Å². The standard InChI is InChI=1S/C16H22O5/c1-5-21-15(19)16(11(2)3,14(17)18)10-12-6-8-13(20-4)9-7-12/h6-9,11H,5,10H2,1-4H3,(H,17,18). The number of methoxy groups -OCH3 is 1. The Kier molecular flexibility index (Phi) is 5.76. The fraction of sp³-hybridized carbons (Fsp3) is 0.500. The van der Waals surface area contributed by atoms with Gasteiger partial charge in [0, 0.05) is 0 Å². The summed E-state index contributed by atoms with van der Waals surface area (Å²) in [6, 6.07) is 7.01. The molecule has 1 N–H and O–H groups in total.